The third-order valence-corrected chi connectivity index (χ3v) is 4.81. The quantitative estimate of drug-likeness (QED) is 0.882. The van der Waals surface area contributed by atoms with Crippen LogP contribution in [-0.2, 0) is 14.3 Å². The molecule has 2 atom stereocenters. The second kappa shape index (κ2) is 8.77. The van der Waals surface area contributed by atoms with E-state index in [1.807, 2.05) is 49.4 Å². The smallest absolute Gasteiger partial charge is 0.256 e. The third kappa shape index (κ3) is 4.71. The number of hydrogen-bond acceptors (Lipinski definition) is 4. The first kappa shape index (κ1) is 19.0. The molecule has 1 N–H and O–H groups in total. The molecule has 0 saturated carbocycles. The minimum atomic E-state index is -0.647. The fourth-order valence-corrected chi connectivity index (χ4v) is 3.41. The zero-order chi connectivity index (χ0) is 19.2. The number of nitrogens with zero attached hydrogens (tertiary/aromatic N) is 2. The van der Waals surface area contributed by atoms with Gasteiger partial charge in [0.15, 0.2) is 6.10 Å². The van der Waals surface area contributed by atoms with Gasteiger partial charge in [0.1, 0.15) is 5.82 Å². The number of pyridine rings is 1. The highest BCUT2D eigenvalue weighted by Gasteiger charge is 2.32. The Morgan fingerprint density at radius 1 is 1.19 bits per heavy atom. The Labute approximate surface area is 159 Å². The van der Waals surface area contributed by atoms with E-state index in [4.69, 9.17) is 4.74 Å². The number of nitrogens with one attached hydrogen (secondary N) is 1. The van der Waals surface area contributed by atoms with Crippen molar-refractivity contribution in [1.82, 2.24) is 9.88 Å². The predicted octanol–water partition coefficient (Wildman–Crippen LogP) is 2.95. The molecule has 2 unspecified atom stereocenters. The number of aryl methyl sites for hydroxylation is 1. The maximum atomic E-state index is 13.0. The molecule has 6 nitrogen and oxygen atoms in total. The van der Waals surface area contributed by atoms with Gasteiger partial charge < -0.3 is 15.0 Å². The van der Waals surface area contributed by atoms with Crippen molar-refractivity contribution in [1.29, 1.82) is 0 Å². The molecule has 0 bridgehead atoms. The number of carbonyl (C=O) groups excluding carboxylic acids is 2. The molecule has 0 spiro atoms. The normalized spacial score (nSPS) is 18.0. The van der Waals surface area contributed by atoms with Gasteiger partial charge in [-0.3, -0.25) is 9.59 Å². The van der Waals surface area contributed by atoms with Gasteiger partial charge in [-0.15, -0.1) is 0 Å². The summed E-state index contributed by atoms with van der Waals surface area (Å²) in [7, 11) is 1.53. The molecule has 0 aliphatic carbocycles. The average molecular weight is 367 g/mol. The fourth-order valence-electron chi connectivity index (χ4n) is 3.41. The first-order valence-corrected chi connectivity index (χ1v) is 9.19. The summed E-state index contributed by atoms with van der Waals surface area (Å²) in [5, 5.41) is 2.87. The molecule has 1 aromatic heterocycles. The van der Waals surface area contributed by atoms with E-state index in [-0.39, 0.29) is 17.7 Å². The van der Waals surface area contributed by atoms with E-state index >= 15 is 0 Å². The van der Waals surface area contributed by atoms with Gasteiger partial charge in [-0.25, -0.2) is 4.98 Å². The maximum Gasteiger partial charge on any atom is 0.256 e. The predicted molar refractivity (Wildman–Crippen MR) is 103 cm³/mol. The molecular weight excluding hydrogens is 342 g/mol. The summed E-state index contributed by atoms with van der Waals surface area (Å²) in [4.78, 5) is 31.6. The number of methoxy groups -OCH3 is 1. The van der Waals surface area contributed by atoms with Crippen molar-refractivity contribution in [3.05, 3.63) is 59.8 Å². The van der Waals surface area contributed by atoms with E-state index < -0.39 is 6.10 Å². The molecule has 27 heavy (non-hydrogen) atoms. The zero-order valence-electron chi connectivity index (χ0n) is 15.7. The molecule has 1 aliphatic rings. The number of hydrogen-bond donors (Lipinski definition) is 1. The van der Waals surface area contributed by atoms with Gasteiger partial charge in [-0.2, -0.15) is 0 Å². The van der Waals surface area contributed by atoms with Crippen molar-refractivity contribution in [2.45, 2.75) is 25.9 Å². The Morgan fingerprint density at radius 2 is 1.96 bits per heavy atom. The minimum Gasteiger partial charge on any atom is -0.367 e. The van der Waals surface area contributed by atoms with Crippen LogP contribution in [0.2, 0.25) is 0 Å². The average Bonchev–Trinajstić information content (AvgIpc) is 2.69. The Balaban J connectivity index is 1.66. The van der Waals surface area contributed by atoms with Crippen LogP contribution in [0.3, 0.4) is 0 Å². The SMILES string of the molecule is COC(C(=O)N1CCCC(C(=O)Nc2cccc(C)n2)C1)c1ccccc1. The number of aromatic nitrogens is 1. The van der Waals surface area contributed by atoms with E-state index in [1.54, 1.807) is 11.0 Å². The molecule has 3 rings (SSSR count). The van der Waals surface area contributed by atoms with Crippen LogP contribution in [-0.4, -0.2) is 41.9 Å². The topological polar surface area (TPSA) is 71.5 Å². The molecule has 2 heterocycles. The fraction of sp³-hybridized carbons (Fsp3) is 0.381. The standard InChI is InChI=1S/C21H25N3O3/c1-15-8-6-12-18(22-15)23-20(25)17-11-7-13-24(14-17)21(26)19(27-2)16-9-4-3-5-10-16/h3-6,8-10,12,17,19H,7,11,13-14H2,1-2H3,(H,22,23,25). The first-order valence-electron chi connectivity index (χ1n) is 9.19. The van der Waals surface area contributed by atoms with Gasteiger partial charge in [0, 0.05) is 25.9 Å². The molecule has 2 amide bonds. The minimum absolute atomic E-state index is 0.0979. The number of ether oxygens (including phenoxy) is 1. The van der Waals surface area contributed by atoms with E-state index in [0.29, 0.717) is 18.9 Å². The molecule has 1 aromatic carbocycles. The highest BCUT2D eigenvalue weighted by atomic mass is 16.5. The van der Waals surface area contributed by atoms with Crippen LogP contribution < -0.4 is 5.32 Å². The summed E-state index contributed by atoms with van der Waals surface area (Å²) >= 11 is 0. The lowest BCUT2D eigenvalue weighted by atomic mass is 9.96. The van der Waals surface area contributed by atoms with Crippen molar-refractivity contribution in [3.63, 3.8) is 0 Å². The van der Waals surface area contributed by atoms with Crippen molar-refractivity contribution >= 4 is 17.6 Å². The van der Waals surface area contributed by atoms with Crippen LogP contribution >= 0.6 is 0 Å². The molecule has 2 aromatic rings. The molecule has 142 valence electrons. The molecule has 1 fully saturated rings. The first-order chi connectivity index (χ1) is 13.1. The van der Waals surface area contributed by atoms with Crippen LogP contribution in [0, 0.1) is 12.8 Å². The number of rotatable bonds is 5. The number of piperidine rings is 1. The van der Waals surface area contributed by atoms with E-state index in [9.17, 15) is 9.59 Å². The van der Waals surface area contributed by atoms with E-state index in [1.165, 1.54) is 7.11 Å². The summed E-state index contributed by atoms with van der Waals surface area (Å²) in [5.74, 6) is 0.0925. The van der Waals surface area contributed by atoms with E-state index in [2.05, 4.69) is 10.3 Å². The Bertz CT molecular complexity index is 794. The largest absolute Gasteiger partial charge is 0.367 e. The summed E-state index contributed by atoms with van der Waals surface area (Å²) in [6.45, 7) is 2.91. The summed E-state index contributed by atoms with van der Waals surface area (Å²) in [6.07, 6.45) is 0.896. The zero-order valence-corrected chi connectivity index (χ0v) is 15.7. The van der Waals surface area contributed by atoms with Crippen LogP contribution in [0.4, 0.5) is 5.82 Å². The molecule has 0 radical (unpaired) electrons. The Hall–Kier alpha value is -2.73. The highest BCUT2D eigenvalue weighted by molar-refractivity contribution is 5.92. The molecule has 6 heteroatoms. The maximum absolute atomic E-state index is 13.0. The Morgan fingerprint density at radius 3 is 2.67 bits per heavy atom. The molecule has 1 saturated heterocycles. The van der Waals surface area contributed by atoms with Crippen molar-refractivity contribution < 1.29 is 14.3 Å². The number of carbonyl (C=O) groups is 2. The van der Waals surface area contributed by atoms with Crippen molar-refractivity contribution in [2.75, 3.05) is 25.5 Å². The van der Waals surface area contributed by atoms with Gasteiger partial charge >= 0.3 is 0 Å². The van der Waals surface area contributed by atoms with Gasteiger partial charge in [-0.05, 0) is 37.5 Å². The van der Waals surface area contributed by atoms with Gasteiger partial charge in [0.2, 0.25) is 5.91 Å². The summed E-state index contributed by atoms with van der Waals surface area (Å²) in [6, 6.07) is 14.9. The lowest BCUT2D eigenvalue weighted by Gasteiger charge is -2.34. The lowest BCUT2D eigenvalue weighted by Crippen LogP contribution is -2.45. The number of benzene rings is 1. The Kier molecular flexibility index (Phi) is 6.19. The number of likely N-dealkylation sites (tertiary alicyclic amines) is 1. The monoisotopic (exact) mass is 367 g/mol. The number of amides is 2. The second-order valence-electron chi connectivity index (χ2n) is 6.80. The highest BCUT2D eigenvalue weighted by Crippen LogP contribution is 2.24. The second-order valence-corrected chi connectivity index (χ2v) is 6.80. The third-order valence-electron chi connectivity index (χ3n) is 4.81. The van der Waals surface area contributed by atoms with Crippen LogP contribution in [0.25, 0.3) is 0 Å². The summed E-state index contributed by atoms with van der Waals surface area (Å²) < 4.78 is 5.45. The van der Waals surface area contributed by atoms with Crippen LogP contribution in [0.15, 0.2) is 48.5 Å². The summed E-state index contributed by atoms with van der Waals surface area (Å²) in [5.41, 5.74) is 1.67. The van der Waals surface area contributed by atoms with Crippen molar-refractivity contribution in [2.24, 2.45) is 5.92 Å². The number of anilines is 1. The van der Waals surface area contributed by atoms with Crippen LogP contribution in [0.1, 0.15) is 30.2 Å². The lowest BCUT2D eigenvalue weighted by molar-refractivity contribution is -0.145. The molecule has 1 aliphatic heterocycles. The van der Waals surface area contributed by atoms with Crippen molar-refractivity contribution in [3.8, 4) is 0 Å². The molecular formula is C21H25N3O3. The van der Waals surface area contributed by atoms with Gasteiger partial charge in [0.25, 0.3) is 5.91 Å². The van der Waals surface area contributed by atoms with Crippen LogP contribution in [0.5, 0.6) is 0 Å². The van der Waals surface area contributed by atoms with E-state index in [0.717, 1.165) is 24.1 Å². The van der Waals surface area contributed by atoms with Gasteiger partial charge in [0.05, 0.1) is 5.92 Å². The van der Waals surface area contributed by atoms with Gasteiger partial charge in [-0.1, -0.05) is 36.4 Å².